The molecule has 1 saturated carbocycles. The number of nitrogens with zero attached hydrogens (tertiary/aromatic N) is 1. The van der Waals surface area contributed by atoms with Gasteiger partial charge in [0.15, 0.2) is 0 Å². The fourth-order valence-corrected chi connectivity index (χ4v) is 6.71. The molecule has 0 spiro atoms. The van der Waals surface area contributed by atoms with Gasteiger partial charge in [-0.15, -0.1) is 0 Å². The van der Waals surface area contributed by atoms with Crippen LogP contribution in [-0.2, 0) is 22.6 Å². The zero-order chi connectivity index (χ0) is 25.1. The number of hydrogen-bond acceptors (Lipinski definition) is 4. The van der Waals surface area contributed by atoms with Gasteiger partial charge in [0.1, 0.15) is 6.29 Å². The second-order valence-corrected chi connectivity index (χ2v) is 11.2. The van der Waals surface area contributed by atoms with E-state index < -0.39 is 0 Å². The predicted octanol–water partition coefficient (Wildman–Crippen LogP) is 5.98. The molecule has 5 aliphatic heterocycles. The second kappa shape index (κ2) is 11.1. The predicted molar refractivity (Wildman–Crippen MR) is 146 cm³/mol. The summed E-state index contributed by atoms with van der Waals surface area (Å²) < 4.78 is 0. The summed E-state index contributed by atoms with van der Waals surface area (Å²) in [5, 5.41) is 3.55. The Morgan fingerprint density at radius 2 is 1.86 bits per heavy atom. The number of hydrogen-bond donors (Lipinski definition) is 2. The molecule has 3 N–H and O–H groups in total. The molecule has 0 radical (unpaired) electrons. The van der Waals surface area contributed by atoms with E-state index in [2.05, 4.69) is 47.5 Å². The van der Waals surface area contributed by atoms with Gasteiger partial charge in [-0.05, 0) is 85.3 Å². The van der Waals surface area contributed by atoms with E-state index in [-0.39, 0.29) is 11.8 Å². The van der Waals surface area contributed by atoms with Gasteiger partial charge in [0.2, 0.25) is 5.91 Å². The van der Waals surface area contributed by atoms with Gasteiger partial charge in [-0.2, -0.15) is 0 Å². The lowest BCUT2D eigenvalue weighted by Gasteiger charge is -2.35. The van der Waals surface area contributed by atoms with Gasteiger partial charge >= 0.3 is 0 Å². The lowest BCUT2D eigenvalue weighted by Crippen LogP contribution is -2.41. The van der Waals surface area contributed by atoms with E-state index in [1.54, 1.807) is 0 Å². The smallest absolute Gasteiger partial charge is 0.225 e. The number of nitrogens with two attached hydrogens (primary N) is 1. The van der Waals surface area contributed by atoms with Crippen molar-refractivity contribution >= 4 is 23.6 Å². The van der Waals surface area contributed by atoms with Crippen molar-refractivity contribution in [2.75, 3.05) is 24.1 Å². The third-order valence-corrected chi connectivity index (χ3v) is 9.02. The lowest BCUT2D eigenvalue weighted by molar-refractivity contribution is -0.137. The van der Waals surface area contributed by atoms with Crippen LogP contribution in [0.4, 0.5) is 11.4 Å². The third-order valence-electron chi connectivity index (χ3n) is 9.02. The van der Waals surface area contributed by atoms with E-state index in [0.717, 1.165) is 79.0 Å². The number of benzene rings is 2. The van der Waals surface area contributed by atoms with E-state index in [4.69, 9.17) is 5.73 Å². The van der Waals surface area contributed by atoms with Gasteiger partial charge in [0.25, 0.3) is 0 Å². The highest BCUT2D eigenvalue weighted by atomic mass is 16.2. The fourth-order valence-electron chi connectivity index (χ4n) is 6.71. The summed E-state index contributed by atoms with van der Waals surface area (Å²) in [5.74, 6) is 1.28. The molecule has 6 aliphatic rings. The maximum atomic E-state index is 13.5. The summed E-state index contributed by atoms with van der Waals surface area (Å²) in [6.07, 6.45) is 11.7. The Kier molecular flexibility index (Phi) is 7.64. The molecule has 5 nitrogen and oxygen atoms in total. The van der Waals surface area contributed by atoms with Crippen LogP contribution >= 0.6 is 0 Å². The molecule has 1 aliphatic carbocycles. The molecule has 1 fully saturated rings. The van der Waals surface area contributed by atoms with Crippen LogP contribution < -0.4 is 11.1 Å². The van der Waals surface area contributed by atoms with Crippen molar-refractivity contribution in [1.82, 2.24) is 4.90 Å². The molecule has 2 aromatic rings. The molecule has 5 heteroatoms. The molecule has 8 rings (SSSR count). The zero-order valence-corrected chi connectivity index (χ0v) is 21.7. The highest BCUT2D eigenvalue weighted by Crippen LogP contribution is 2.38. The van der Waals surface area contributed by atoms with E-state index in [9.17, 15) is 9.59 Å². The first-order valence-corrected chi connectivity index (χ1v) is 14.0. The standard InChI is InChI=1S/C31H41N3O2/c1-21-27-12-13-29(30(21)32)33-16-4-2-3-5-22-6-8-24(9-7-22)31(36)34-17-14-23-10-11-25(19-26(23)20-34)28(27)15-18-35/h10-13,18-19,22,24,28,33H,2-9,14-17,20,32H2,1H3. The van der Waals surface area contributed by atoms with E-state index >= 15 is 0 Å². The molecule has 36 heavy (non-hydrogen) atoms. The van der Waals surface area contributed by atoms with Crippen molar-refractivity contribution in [3.05, 3.63) is 58.1 Å². The maximum Gasteiger partial charge on any atom is 0.225 e. The van der Waals surface area contributed by atoms with Crippen LogP contribution in [0.5, 0.6) is 0 Å². The molecule has 0 aromatic heterocycles. The van der Waals surface area contributed by atoms with Gasteiger partial charge in [-0.25, -0.2) is 0 Å². The van der Waals surface area contributed by atoms with Gasteiger partial charge < -0.3 is 20.7 Å². The molecule has 0 saturated heterocycles. The summed E-state index contributed by atoms with van der Waals surface area (Å²) in [7, 11) is 0. The number of anilines is 2. The summed E-state index contributed by atoms with van der Waals surface area (Å²) in [5.41, 5.74) is 14.2. The van der Waals surface area contributed by atoms with Crippen molar-refractivity contribution < 1.29 is 9.59 Å². The Labute approximate surface area is 215 Å². The minimum absolute atomic E-state index is 0.0420. The van der Waals surface area contributed by atoms with Gasteiger partial charge in [0.05, 0.1) is 11.4 Å². The highest BCUT2D eigenvalue weighted by Gasteiger charge is 2.31. The number of rotatable bonds is 2. The molecule has 1 unspecified atom stereocenters. The SMILES string of the molecule is Cc1c2ccc(c1N)NCCCCCC1CCC(CC1)C(=O)N1CCc3ccc(cc3C1)C2CC=O. The first kappa shape index (κ1) is 24.9. The summed E-state index contributed by atoms with van der Waals surface area (Å²) in [6, 6.07) is 10.8. The number of aldehydes is 1. The molecule has 5 heterocycles. The molecule has 1 amide bonds. The molecular weight excluding hydrogens is 446 g/mol. The first-order chi connectivity index (χ1) is 17.5. The molecule has 1 atom stereocenters. The minimum atomic E-state index is -0.0420. The summed E-state index contributed by atoms with van der Waals surface area (Å²) >= 11 is 0. The van der Waals surface area contributed by atoms with E-state index in [1.165, 1.54) is 43.2 Å². The molecule has 2 aromatic carbocycles. The number of nitrogens with one attached hydrogen (secondary N) is 1. The van der Waals surface area contributed by atoms with E-state index in [1.807, 2.05) is 0 Å². The minimum Gasteiger partial charge on any atom is -0.397 e. The van der Waals surface area contributed by atoms with Crippen molar-refractivity contribution in [3.8, 4) is 0 Å². The van der Waals surface area contributed by atoms with Crippen molar-refractivity contribution in [1.29, 1.82) is 0 Å². The Balaban J connectivity index is 1.48. The Bertz CT molecular complexity index is 1100. The highest BCUT2D eigenvalue weighted by molar-refractivity contribution is 5.79. The number of nitrogen functional groups attached to an aromatic ring is 1. The van der Waals surface area contributed by atoms with Crippen molar-refractivity contribution in [3.63, 3.8) is 0 Å². The lowest BCUT2D eigenvalue weighted by atomic mass is 9.79. The van der Waals surface area contributed by atoms with Crippen LogP contribution in [0, 0.1) is 18.8 Å². The van der Waals surface area contributed by atoms with Crippen LogP contribution in [-0.4, -0.2) is 30.2 Å². The van der Waals surface area contributed by atoms with Crippen molar-refractivity contribution in [2.45, 2.75) is 83.6 Å². The molecular formula is C31H41N3O2. The third kappa shape index (κ3) is 5.16. The van der Waals surface area contributed by atoms with Gasteiger partial charge in [0, 0.05) is 37.9 Å². The number of carbonyl (C=O) groups excluding carboxylic acids is 2. The van der Waals surface area contributed by atoms with Crippen LogP contribution in [0.1, 0.15) is 91.5 Å². The van der Waals surface area contributed by atoms with Crippen LogP contribution in [0.3, 0.4) is 0 Å². The van der Waals surface area contributed by atoms with Crippen LogP contribution in [0.15, 0.2) is 30.3 Å². The Morgan fingerprint density at radius 3 is 2.67 bits per heavy atom. The summed E-state index contributed by atoms with van der Waals surface area (Å²) in [6.45, 7) is 4.48. The quantitative estimate of drug-likeness (QED) is 0.404. The van der Waals surface area contributed by atoms with Crippen LogP contribution in [0.2, 0.25) is 0 Å². The van der Waals surface area contributed by atoms with Gasteiger partial charge in [-0.1, -0.05) is 43.5 Å². The molecule has 7 bridgehead atoms. The maximum absolute atomic E-state index is 13.5. The van der Waals surface area contributed by atoms with Crippen LogP contribution in [0.25, 0.3) is 0 Å². The topological polar surface area (TPSA) is 75.4 Å². The number of carbonyl (C=O) groups is 2. The van der Waals surface area contributed by atoms with Gasteiger partial charge in [-0.3, -0.25) is 4.79 Å². The molecule has 192 valence electrons. The Hall–Kier alpha value is -2.82. The summed E-state index contributed by atoms with van der Waals surface area (Å²) in [4.78, 5) is 27.3. The average molecular weight is 488 g/mol. The zero-order valence-electron chi connectivity index (χ0n) is 21.7. The second-order valence-electron chi connectivity index (χ2n) is 11.2. The monoisotopic (exact) mass is 487 g/mol. The first-order valence-electron chi connectivity index (χ1n) is 14.0. The normalized spacial score (nSPS) is 24.9. The van der Waals surface area contributed by atoms with Crippen molar-refractivity contribution in [2.24, 2.45) is 11.8 Å². The number of amides is 1. The fraction of sp³-hybridized carbons (Fsp3) is 0.548. The largest absolute Gasteiger partial charge is 0.397 e. The van der Waals surface area contributed by atoms with E-state index in [0.29, 0.717) is 18.9 Å². The average Bonchev–Trinajstić information content (AvgIpc) is 2.91. The Morgan fingerprint density at radius 1 is 1.03 bits per heavy atom.